The first-order valence-electron chi connectivity index (χ1n) is 25.2. The molecule has 4 heterocycles. The monoisotopic (exact) mass is 1140 g/mol. The molecule has 0 spiro atoms. The van der Waals surface area contributed by atoms with E-state index in [9.17, 15) is 9.59 Å². The number of β-lactam (4-membered cyclic amide) rings is 1. The predicted molar refractivity (Wildman–Crippen MR) is 310 cm³/mol. The Morgan fingerprint density at radius 1 is 0.734 bits per heavy atom. The minimum atomic E-state index is -1.38. The van der Waals surface area contributed by atoms with Gasteiger partial charge in [-0.2, -0.15) is 0 Å². The summed E-state index contributed by atoms with van der Waals surface area (Å²) in [5.41, 5.74) is 4.07. The van der Waals surface area contributed by atoms with Crippen molar-refractivity contribution in [3.05, 3.63) is 290 Å². The molecule has 2 aliphatic heterocycles. The standard InChI is InChI=1S/C63H49BrN6O7S2/c1-74-50-35-32-42(33-36-50)39-75-60(73)56-43(34-37-51-38-53(64)68-76-51)40-78-59-55(58(72)70(56)59)66-57(71)54(69-77-63(47-26-14-5-15-27-47,48-28-16-6-17-29-48)49-30-18-7-19-31-49)52-41-79-61(65-52)67-62(44-20-8-2-9-21-44,45-22-10-3-11-23-45)46-24-12-4-13-25-46/h2-38,41,55,59H,39-40H2,1H3,(H,65,67)(H,66,71)/b37-34-,69-54-/t55-,59-/m1/s1. The lowest BCUT2D eigenvalue weighted by Crippen LogP contribution is -2.71. The summed E-state index contributed by atoms with van der Waals surface area (Å²) in [7, 11) is 1.57. The molecule has 392 valence electrons. The Morgan fingerprint density at radius 2 is 1.25 bits per heavy atom. The molecule has 79 heavy (non-hydrogen) atoms. The maximum atomic E-state index is 15.4. The van der Waals surface area contributed by atoms with Crippen LogP contribution in [0, 0.1) is 0 Å². The summed E-state index contributed by atoms with van der Waals surface area (Å²) in [6.07, 6.45) is 3.37. The molecule has 9 aromatic rings. The van der Waals surface area contributed by atoms with Gasteiger partial charge in [0.05, 0.1) is 7.11 Å². The van der Waals surface area contributed by atoms with Gasteiger partial charge in [0.2, 0.25) is 5.60 Å². The molecule has 2 N–H and O–H groups in total. The molecule has 1 fully saturated rings. The number of hydrogen-bond acceptors (Lipinski definition) is 13. The lowest BCUT2D eigenvalue weighted by Gasteiger charge is -2.49. The number of nitrogens with one attached hydrogen (secondary N) is 2. The van der Waals surface area contributed by atoms with Crippen LogP contribution in [0.15, 0.2) is 249 Å². The minimum absolute atomic E-state index is 0.0483. The molecule has 7 aromatic carbocycles. The van der Waals surface area contributed by atoms with E-state index in [-0.39, 0.29) is 29.5 Å². The highest BCUT2D eigenvalue weighted by molar-refractivity contribution is 9.10. The number of nitrogens with zero attached hydrogens (tertiary/aromatic N) is 4. The number of allylic oxidation sites excluding steroid dienone is 1. The van der Waals surface area contributed by atoms with Gasteiger partial charge in [-0.05, 0) is 62.0 Å². The molecule has 1 saturated heterocycles. The van der Waals surface area contributed by atoms with Crippen molar-refractivity contribution < 1.29 is 33.2 Å². The van der Waals surface area contributed by atoms with Crippen molar-refractivity contribution in [3.63, 3.8) is 0 Å². The summed E-state index contributed by atoms with van der Waals surface area (Å²) in [5.74, 6) is -0.609. The predicted octanol–water partition coefficient (Wildman–Crippen LogP) is 12.1. The van der Waals surface area contributed by atoms with Crippen molar-refractivity contribution in [2.24, 2.45) is 5.16 Å². The van der Waals surface area contributed by atoms with Crippen LogP contribution in [0.1, 0.15) is 50.4 Å². The third-order valence-electron chi connectivity index (χ3n) is 13.6. The molecule has 2 atom stereocenters. The number of amides is 2. The molecular formula is C63H49BrN6O7S2. The molecule has 16 heteroatoms. The van der Waals surface area contributed by atoms with Crippen LogP contribution in [-0.4, -0.2) is 62.8 Å². The summed E-state index contributed by atoms with van der Waals surface area (Å²) in [6.45, 7) is -0.0672. The fourth-order valence-corrected chi connectivity index (χ4v) is 12.2. The number of rotatable bonds is 19. The summed E-state index contributed by atoms with van der Waals surface area (Å²) in [4.78, 5) is 57.9. The number of thiazole rings is 1. The third-order valence-corrected chi connectivity index (χ3v) is 16.1. The van der Waals surface area contributed by atoms with E-state index < -0.39 is 40.3 Å². The molecule has 0 bridgehead atoms. The number of benzene rings is 7. The summed E-state index contributed by atoms with van der Waals surface area (Å²) in [5, 5.41) is 17.1. The smallest absolute Gasteiger partial charge is 0.355 e. The second-order valence-corrected chi connectivity index (χ2v) is 21.1. The zero-order chi connectivity index (χ0) is 54.2. The van der Waals surface area contributed by atoms with Crippen LogP contribution in [0.2, 0.25) is 0 Å². The molecule has 13 nitrogen and oxygen atoms in total. The van der Waals surface area contributed by atoms with Gasteiger partial charge in [-0.15, -0.1) is 23.1 Å². The van der Waals surface area contributed by atoms with E-state index in [1.54, 1.807) is 55.0 Å². The van der Waals surface area contributed by atoms with Crippen molar-refractivity contribution in [1.82, 2.24) is 20.4 Å². The molecule has 2 amide bonds. The number of esters is 1. The van der Waals surface area contributed by atoms with Crippen molar-refractivity contribution >= 4 is 73.7 Å². The van der Waals surface area contributed by atoms with Gasteiger partial charge in [-0.25, -0.2) is 9.78 Å². The lowest BCUT2D eigenvalue weighted by atomic mass is 9.77. The molecule has 0 aliphatic carbocycles. The van der Waals surface area contributed by atoms with Crippen LogP contribution in [0.3, 0.4) is 0 Å². The molecule has 0 unspecified atom stereocenters. The number of carbonyl (C=O) groups excluding carboxylic acids is 3. The second-order valence-electron chi connectivity index (χ2n) is 18.4. The van der Waals surface area contributed by atoms with E-state index in [0.29, 0.717) is 26.8 Å². The van der Waals surface area contributed by atoms with Crippen molar-refractivity contribution in [3.8, 4) is 5.75 Å². The number of oxime groups is 1. The maximum Gasteiger partial charge on any atom is 0.355 e. The topological polar surface area (TPSA) is 157 Å². The molecule has 0 saturated carbocycles. The van der Waals surface area contributed by atoms with Crippen LogP contribution < -0.4 is 15.4 Å². The molecular weight excluding hydrogens is 1100 g/mol. The van der Waals surface area contributed by atoms with Gasteiger partial charge in [-0.1, -0.05) is 211 Å². The normalized spacial score (nSPS) is 15.5. The number of halogens is 1. The first kappa shape index (κ1) is 52.2. The first-order chi connectivity index (χ1) is 38.7. The summed E-state index contributed by atoms with van der Waals surface area (Å²) >= 11 is 6.00. The van der Waals surface area contributed by atoms with Gasteiger partial charge >= 0.3 is 5.97 Å². The SMILES string of the molecule is COc1ccc(COC(=O)C2=C(/C=C\c3cc(Br)no3)CS[C@@H]3[C@H](NC(=O)/C(=N\OC(c4ccccc4)(c4ccccc4)c4ccccc4)c4csc(NC(c5ccccc5)(c5ccccc5)c5ccccc5)n4)C(=O)N23)cc1. The Morgan fingerprint density at radius 3 is 1.75 bits per heavy atom. The number of anilines is 1. The lowest BCUT2D eigenvalue weighted by molar-refractivity contribution is -0.153. The second kappa shape index (κ2) is 23.4. The van der Waals surface area contributed by atoms with E-state index in [1.165, 1.54) is 28.0 Å². The Labute approximate surface area is 472 Å². The number of thioether (sulfide) groups is 1. The molecule has 11 rings (SSSR count). The quantitative estimate of drug-likeness (QED) is 0.0261. The molecule has 2 aromatic heterocycles. The minimum Gasteiger partial charge on any atom is -0.497 e. The van der Waals surface area contributed by atoms with Crippen molar-refractivity contribution in [2.75, 3.05) is 18.2 Å². The average molecular weight is 1150 g/mol. The highest BCUT2D eigenvalue weighted by atomic mass is 79.9. The van der Waals surface area contributed by atoms with Gasteiger partial charge < -0.3 is 29.5 Å². The Balaban J connectivity index is 0.980. The fraction of sp³-hybridized carbons (Fsp3) is 0.111. The van der Waals surface area contributed by atoms with E-state index in [0.717, 1.165) is 38.9 Å². The van der Waals surface area contributed by atoms with E-state index in [1.807, 2.05) is 146 Å². The summed E-state index contributed by atoms with van der Waals surface area (Å²) in [6, 6.07) is 67.2. The number of ether oxygens (including phenoxy) is 2. The third kappa shape index (κ3) is 10.7. The largest absolute Gasteiger partial charge is 0.497 e. The molecule has 2 aliphatic rings. The van der Waals surface area contributed by atoms with Crippen molar-refractivity contribution in [2.45, 2.75) is 29.2 Å². The van der Waals surface area contributed by atoms with Gasteiger partial charge in [-0.3, -0.25) is 14.5 Å². The number of carbonyl (C=O) groups is 3. The van der Waals surface area contributed by atoms with Crippen LogP contribution in [0.25, 0.3) is 6.08 Å². The number of methoxy groups -OCH3 is 1. The number of aromatic nitrogens is 2. The Bertz CT molecular complexity index is 3480. The zero-order valence-corrected chi connectivity index (χ0v) is 45.6. The number of hydrogen-bond donors (Lipinski definition) is 2. The summed E-state index contributed by atoms with van der Waals surface area (Å²) < 4.78 is 17.1. The Hall–Kier alpha value is -8.83. The van der Waals surface area contributed by atoms with E-state index in [4.69, 9.17) is 29.0 Å². The van der Waals surface area contributed by atoms with Crippen LogP contribution in [0.4, 0.5) is 5.13 Å². The van der Waals surface area contributed by atoms with E-state index in [2.05, 4.69) is 68.1 Å². The van der Waals surface area contributed by atoms with Crippen LogP contribution in [-0.2, 0) is 41.7 Å². The van der Waals surface area contributed by atoms with Crippen LogP contribution in [0.5, 0.6) is 5.75 Å². The number of fused-ring (bicyclic) bond motifs is 1. The highest BCUT2D eigenvalue weighted by Crippen LogP contribution is 2.44. The molecule has 0 radical (unpaired) electrons. The average Bonchev–Trinajstić information content (AvgIpc) is 4.18. The van der Waals surface area contributed by atoms with Gasteiger partial charge in [0.25, 0.3) is 11.8 Å². The van der Waals surface area contributed by atoms with Crippen LogP contribution >= 0.6 is 39.0 Å². The van der Waals surface area contributed by atoms with Crippen molar-refractivity contribution in [1.29, 1.82) is 0 Å². The zero-order valence-electron chi connectivity index (χ0n) is 42.3. The van der Waals surface area contributed by atoms with Gasteiger partial charge in [0, 0.05) is 33.9 Å². The maximum absolute atomic E-state index is 15.4. The van der Waals surface area contributed by atoms with Gasteiger partial charge in [0.1, 0.15) is 45.3 Å². The first-order valence-corrected chi connectivity index (χ1v) is 27.9. The van der Waals surface area contributed by atoms with E-state index >= 15 is 4.79 Å². The Kier molecular flexibility index (Phi) is 15.5. The fourth-order valence-electron chi connectivity index (χ4n) is 9.81. The van der Waals surface area contributed by atoms with Gasteiger partial charge in [0.15, 0.2) is 16.6 Å². The highest BCUT2D eigenvalue weighted by Gasteiger charge is 2.55.